The van der Waals surface area contributed by atoms with Crippen LogP contribution in [0.2, 0.25) is 0 Å². The Morgan fingerprint density at radius 1 is 1.09 bits per heavy atom. The lowest BCUT2D eigenvalue weighted by atomic mass is 9.99. The average Bonchev–Trinajstić information content (AvgIpc) is 2.46. The summed E-state index contributed by atoms with van der Waals surface area (Å²) >= 11 is 0. The van der Waals surface area contributed by atoms with Crippen molar-refractivity contribution in [3.63, 3.8) is 0 Å². The van der Waals surface area contributed by atoms with E-state index in [-0.39, 0.29) is 30.5 Å². The van der Waals surface area contributed by atoms with E-state index in [0.29, 0.717) is 11.3 Å². The molecule has 0 fully saturated rings. The van der Waals surface area contributed by atoms with Crippen LogP contribution in [-0.4, -0.2) is 21.2 Å². The minimum atomic E-state index is -0.314. The van der Waals surface area contributed by atoms with Gasteiger partial charge in [0.2, 0.25) is 0 Å². The molecule has 1 heterocycles. The number of hydrogen-bond donors (Lipinski definition) is 1. The van der Waals surface area contributed by atoms with Crippen LogP contribution < -0.4 is 4.74 Å². The highest BCUT2D eigenvalue weighted by Gasteiger charge is 2.18. The molecule has 5 heteroatoms. The number of ether oxygens (including phenoxy) is 1. The molecule has 2 rings (SSSR count). The summed E-state index contributed by atoms with van der Waals surface area (Å²) in [6, 6.07) is 6.29. The van der Waals surface area contributed by atoms with E-state index in [0.717, 1.165) is 11.3 Å². The van der Waals surface area contributed by atoms with Crippen LogP contribution >= 0.6 is 0 Å². The zero-order valence-electron chi connectivity index (χ0n) is 13.3. The van der Waals surface area contributed by atoms with E-state index in [1.54, 1.807) is 12.1 Å². The SMILES string of the molecule is CC(C)Oc1nc(-c2ccc(F)cc2)c(CO)c(C(C)C)n1. The fourth-order valence-electron chi connectivity index (χ4n) is 2.22. The number of aliphatic hydroxyl groups is 1. The third kappa shape index (κ3) is 3.60. The highest BCUT2D eigenvalue weighted by atomic mass is 19.1. The van der Waals surface area contributed by atoms with Crippen molar-refractivity contribution < 1.29 is 14.2 Å². The van der Waals surface area contributed by atoms with Crippen LogP contribution in [0.4, 0.5) is 4.39 Å². The molecular formula is C17H21FN2O2. The molecular weight excluding hydrogens is 283 g/mol. The second kappa shape index (κ2) is 6.83. The minimum Gasteiger partial charge on any atom is -0.461 e. The predicted octanol–water partition coefficient (Wildman–Crippen LogP) is 3.69. The largest absolute Gasteiger partial charge is 0.461 e. The number of rotatable bonds is 5. The molecule has 118 valence electrons. The Kier molecular flexibility index (Phi) is 5.08. The zero-order valence-corrected chi connectivity index (χ0v) is 13.3. The molecule has 0 saturated carbocycles. The second-order valence-electron chi connectivity index (χ2n) is 5.70. The molecule has 0 aliphatic carbocycles. The summed E-state index contributed by atoms with van der Waals surface area (Å²) in [5.41, 5.74) is 2.70. The van der Waals surface area contributed by atoms with Crippen molar-refractivity contribution in [3.05, 3.63) is 41.3 Å². The van der Waals surface area contributed by atoms with E-state index in [4.69, 9.17) is 4.74 Å². The van der Waals surface area contributed by atoms with Crippen molar-refractivity contribution in [2.75, 3.05) is 0 Å². The van der Waals surface area contributed by atoms with E-state index < -0.39 is 0 Å². The maximum atomic E-state index is 13.1. The van der Waals surface area contributed by atoms with E-state index >= 15 is 0 Å². The molecule has 0 saturated heterocycles. The standard InChI is InChI=1S/C17H21FN2O2/c1-10(2)15-14(9-21)16(12-5-7-13(18)8-6-12)20-17(19-15)22-11(3)4/h5-8,10-11,21H,9H2,1-4H3. The van der Waals surface area contributed by atoms with Gasteiger partial charge in [-0.3, -0.25) is 0 Å². The highest BCUT2D eigenvalue weighted by Crippen LogP contribution is 2.30. The van der Waals surface area contributed by atoms with Crippen LogP contribution in [0.25, 0.3) is 11.3 Å². The molecule has 0 amide bonds. The van der Waals surface area contributed by atoms with Gasteiger partial charge in [-0.15, -0.1) is 0 Å². The van der Waals surface area contributed by atoms with Gasteiger partial charge < -0.3 is 9.84 Å². The normalized spacial score (nSPS) is 11.3. The number of aromatic nitrogens is 2. The molecule has 0 aliphatic heterocycles. The van der Waals surface area contributed by atoms with Crippen molar-refractivity contribution >= 4 is 0 Å². The number of benzene rings is 1. The van der Waals surface area contributed by atoms with E-state index in [1.165, 1.54) is 12.1 Å². The number of aliphatic hydroxyl groups excluding tert-OH is 1. The summed E-state index contributed by atoms with van der Waals surface area (Å²) in [6.45, 7) is 7.61. The molecule has 0 atom stereocenters. The summed E-state index contributed by atoms with van der Waals surface area (Å²) in [5.74, 6) is -0.204. The van der Waals surface area contributed by atoms with E-state index in [1.807, 2.05) is 27.7 Å². The number of hydrogen-bond acceptors (Lipinski definition) is 4. The van der Waals surface area contributed by atoms with Crippen molar-refractivity contribution in [2.24, 2.45) is 0 Å². The topological polar surface area (TPSA) is 55.2 Å². The third-order valence-electron chi connectivity index (χ3n) is 3.18. The zero-order chi connectivity index (χ0) is 16.3. The van der Waals surface area contributed by atoms with Gasteiger partial charge in [-0.2, -0.15) is 9.97 Å². The monoisotopic (exact) mass is 304 g/mol. The quantitative estimate of drug-likeness (QED) is 0.915. The van der Waals surface area contributed by atoms with Gasteiger partial charge in [-0.25, -0.2) is 4.39 Å². The Hall–Kier alpha value is -2.01. The van der Waals surface area contributed by atoms with Crippen LogP contribution in [0.3, 0.4) is 0 Å². The summed E-state index contributed by atoms with van der Waals surface area (Å²) in [4.78, 5) is 8.83. The lowest BCUT2D eigenvalue weighted by Crippen LogP contribution is -2.13. The molecule has 22 heavy (non-hydrogen) atoms. The summed E-state index contributed by atoms with van der Waals surface area (Å²) in [6.07, 6.45) is -0.0546. The minimum absolute atomic E-state index is 0.0546. The summed E-state index contributed by atoms with van der Waals surface area (Å²) in [7, 11) is 0. The lowest BCUT2D eigenvalue weighted by Gasteiger charge is -2.17. The van der Waals surface area contributed by atoms with Gasteiger partial charge in [-0.1, -0.05) is 13.8 Å². The molecule has 4 nitrogen and oxygen atoms in total. The van der Waals surface area contributed by atoms with Gasteiger partial charge in [0.25, 0.3) is 0 Å². The molecule has 0 bridgehead atoms. The first-order valence-electron chi connectivity index (χ1n) is 7.36. The third-order valence-corrected chi connectivity index (χ3v) is 3.18. The number of nitrogens with zero attached hydrogens (tertiary/aromatic N) is 2. The molecule has 0 spiro atoms. The molecule has 1 N–H and O–H groups in total. The molecule has 1 aromatic heterocycles. The van der Waals surface area contributed by atoms with Crippen molar-refractivity contribution in [2.45, 2.75) is 46.3 Å². The van der Waals surface area contributed by atoms with Gasteiger partial charge in [0, 0.05) is 11.1 Å². The first kappa shape index (κ1) is 16.4. The van der Waals surface area contributed by atoms with Crippen LogP contribution in [-0.2, 0) is 6.61 Å². The summed E-state index contributed by atoms with van der Waals surface area (Å²) < 4.78 is 18.7. The Bertz CT molecular complexity index is 640. The summed E-state index contributed by atoms with van der Waals surface area (Å²) in [5, 5.41) is 9.74. The molecule has 0 aliphatic rings. The first-order valence-corrected chi connectivity index (χ1v) is 7.36. The first-order chi connectivity index (χ1) is 10.4. The lowest BCUT2D eigenvalue weighted by molar-refractivity contribution is 0.220. The maximum Gasteiger partial charge on any atom is 0.317 e. The fraction of sp³-hybridized carbons (Fsp3) is 0.412. The van der Waals surface area contributed by atoms with Crippen LogP contribution in [0, 0.1) is 5.82 Å². The van der Waals surface area contributed by atoms with Crippen molar-refractivity contribution in [1.82, 2.24) is 9.97 Å². The molecule has 0 unspecified atom stereocenters. The van der Waals surface area contributed by atoms with Gasteiger partial charge >= 0.3 is 6.01 Å². The second-order valence-corrected chi connectivity index (χ2v) is 5.70. The van der Waals surface area contributed by atoms with Gasteiger partial charge in [0.1, 0.15) is 5.82 Å². The van der Waals surface area contributed by atoms with Crippen LogP contribution in [0.1, 0.15) is 44.9 Å². The maximum absolute atomic E-state index is 13.1. The fourth-order valence-corrected chi connectivity index (χ4v) is 2.22. The van der Waals surface area contributed by atoms with Crippen molar-refractivity contribution in [1.29, 1.82) is 0 Å². The van der Waals surface area contributed by atoms with Gasteiger partial charge in [0.05, 0.1) is 24.1 Å². The predicted molar refractivity (Wildman–Crippen MR) is 83.2 cm³/mol. The Morgan fingerprint density at radius 2 is 1.73 bits per heavy atom. The van der Waals surface area contributed by atoms with Crippen molar-refractivity contribution in [3.8, 4) is 17.3 Å². The van der Waals surface area contributed by atoms with Crippen LogP contribution in [0.15, 0.2) is 24.3 Å². The Balaban J connectivity index is 2.63. The average molecular weight is 304 g/mol. The molecule has 1 aromatic carbocycles. The Morgan fingerprint density at radius 3 is 2.23 bits per heavy atom. The Labute approximate surface area is 130 Å². The van der Waals surface area contributed by atoms with Gasteiger partial charge in [-0.05, 0) is 44.0 Å². The van der Waals surface area contributed by atoms with E-state index in [2.05, 4.69) is 9.97 Å². The molecule has 2 aromatic rings. The smallest absolute Gasteiger partial charge is 0.317 e. The number of halogens is 1. The highest BCUT2D eigenvalue weighted by molar-refractivity contribution is 5.64. The van der Waals surface area contributed by atoms with Gasteiger partial charge in [0.15, 0.2) is 0 Å². The van der Waals surface area contributed by atoms with E-state index in [9.17, 15) is 9.50 Å². The van der Waals surface area contributed by atoms with Crippen LogP contribution in [0.5, 0.6) is 6.01 Å². The molecule has 0 radical (unpaired) electrons.